The molecule has 0 unspecified atom stereocenters. The van der Waals surface area contributed by atoms with E-state index in [1.165, 1.54) is 12.1 Å². The Kier molecular flexibility index (Phi) is 2.61. The predicted molar refractivity (Wildman–Crippen MR) is 45.9 cm³/mol. The van der Waals surface area contributed by atoms with Crippen LogP contribution in [0.15, 0.2) is 30.9 Å². The summed E-state index contributed by atoms with van der Waals surface area (Å²) in [7, 11) is 0. The fourth-order valence-corrected chi connectivity index (χ4v) is 0.958. The normalized spacial score (nSPS) is 9.50. The SMILES string of the molecule is C=CC(=O)c1ccc(Cl)cc1F. The summed E-state index contributed by atoms with van der Waals surface area (Å²) in [4.78, 5) is 10.9. The van der Waals surface area contributed by atoms with Gasteiger partial charge >= 0.3 is 0 Å². The van der Waals surface area contributed by atoms with Crippen molar-refractivity contribution in [1.29, 1.82) is 0 Å². The Bertz CT molecular complexity index is 333. The minimum Gasteiger partial charge on any atom is -0.289 e. The van der Waals surface area contributed by atoms with Crippen LogP contribution in [0.3, 0.4) is 0 Å². The van der Waals surface area contributed by atoms with E-state index in [0.717, 1.165) is 12.1 Å². The van der Waals surface area contributed by atoms with Gasteiger partial charge in [-0.2, -0.15) is 0 Å². The Morgan fingerprint density at radius 2 is 2.25 bits per heavy atom. The molecule has 0 aliphatic carbocycles. The predicted octanol–water partition coefficient (Wildman–Crippen LogP) is 2.85. The van der Waals surface area contributed by atoms with Crippen LogP contribution in [-0.2, 0) is 0 Å². The summed E-state index contributed by atoms with van der Waals surface area (Å²) in [5.41, 5.74) is -0.00519. The number of hydrogen-bond donors (Lipinski definition) is 0. The van der Waals surface area contributed by atoms with Gasteiger partial charge in [0.25, 0.3) is 0 Å². The lowest BCUT2D eigenvalue weighted by Gasteiger charge is -1.97. The van der Waals surface area contributed by atoms with Crippen LogP contribution in [0.1, 0.15) is 10.4 Å². The van der Waals surface area contributed by atoms with Crippen molar-refractivity contribution in [3.63, 3.8) is 0 Å². The third-order valence-electron chi connectivity index (χ3n) is 1.38. The first-order chi connectivity index (χ1) is 5.65. The third kappa shape index (κ3) is 1.71. The highest BCUT2D eigenvalue weighted by atomic mass is 35.5. The topological polar surface area (TPSA) is 17.1 Å². The maximum absolute atomic E-state index is 12.9. The van der Waals surface area contributed by atoms with Crippen LogP contribution >= 0.6 is 11.6 Å². The first kappa shape index (κ1) is 8.94. The Morgan fingerprint density at radius 3 is 2.75 bits per heavy atom. The molecule has 0 saturated carbocycles. The van der Waals surface area contributed by atoms with E-state index >= 15 is 0 Å². The molecule has 0 bridgehead atoms. The smallest absolute Gasteiger partial charge is 0.188 e. The number of carbonyl (C=O) groups excluding carboxylic acids is 1. The molecule has 62 valence electrons. The van der Waals surface area contributed by atoms with Crippen molar-refractivity contribution in [2.45, 2.75) is 0 Å². The van der Waals surface area contributed by atoms with Crippen LogP contribution in [0.25, 0.3) is 0 Å². The molecular formula is C9H6ClFO. The largest absolute Gasteiger partial charge is 0.289 e. The van der Waals surface area contributed by atoms with E-state index in [0.29, 0.717) is 0 Å². The summed E-state index contributed by atoms with van der Waals surface area (Å²) in [6, 6.07) is 3.89. The zero-order chi connectivity index (χ0) is 9.14. The van der Waals surface area contributed by atoms with Crippen molar-refractivity contribution in [3.8, 4) is 0 Å². The second-order valence-corrected chi connectivity index (χ2v) is 2.63. The number of allylic oxidation sites excluding steroid dienone is 1. The fourth-order valence-electron chi connectivity index (χ4n) is 0.799. The third-order valence-corrected chi connectivity index (χ3v) is 1.62. The molecule has 1 aromatic rings. The van der Waals surface area contributed by atoms with Gasteiger partial charge in [-0.05, 0) is 24.3 Å². The van der Waals surface area contributed by atoms with Crippen LogP contribution in [0, 0.1) is 5.82 Å². The molecule has 0 fully saturated rings. The van der Waals surface area contributed by atoms with E-state index in [1.54, 1.807) is 0 Å². The van der Waals surface area contributed by atoms with Gasteiger partial charge in [0.2, 0.25) is 0 Å². The number of ketones is 1. The van der Waals surface area contributed by atoms with Crippen molar-refractivity contribution < 1.29 is 9.18 Å². The fraction of sp³-hybridized carbons (Fsp3) is 0. The second kappa shape index (κ2) is 3.50. The van der Waals surface area contributed by atoms with E-state index in [-0.39, 0.29) is 10.6 Å². The lowest BCUT2D eigenvalue weighted by Crippen LogP contribution is -1.97. The Morgan fingerprint density at radius 1 is 1.58 bits per heavy atom. The molecule has 0 amide bonds. The molecule has 3 heteroatoms. The monoisotopic (exact) mass is 184 g/mol. The molecule has 0 N–H and O–H groups in total. The lowest BCUT2D eigenvalue weighted by atomic mass is 10.1. The van der Waals surface area contributed by atoms with Crippen LogP contribution in [0.2, 0.25) is 5.02 Å². The van der Waals surface area contributed by atoms with Crippen molar-refractivity contribution in [2.24, 2.45) is 0 Å². The molecule has 0 heterocycles. The van der Waals surface area contributed by atoms with E-state index in [2.05, 4.69) is 6.58 Å². The Hall–Kier alpha value is -1.15. The highest BCUT2D eigenvalue weighted by molar-refractivity contribution is 6.30. The van der Waals surface area contributed by atoms with Gasteiger partial charge < -0.3 is 0 Å². The highest BCUT2D eigenvalue weighted by Crippen LogP contribution is 2.14. The van der Waals surface area contributed by atoms with Crippen LogP contribution in [0.5, 0.6) is 0 Å². The maximum Gasteiger partial charge on any atom is 0.188 e. The van der Waals surface area contributed by atoms with E-state index in [9.17, 15) is 9.18 Å². The minimum absolute atomic E-state index is 0.00519. The zero-order valence-electron chi connectivity index (χ0n) is 6.18. The molecule has 0 aliphatic heterocycles. The molecule has 12 heavy (non-hydrogen) atoms. The van der Waals surface area contributed by atoms with Gasteiger partial charge in [-0.3, -0.25) is 4.79 Å². The molecule has 1 nitrogen and oxygen atoms in total. The molecular weight excluding hydrogens is 179 g/mol. The summed E-state index contributed by atoms with van der Waals surface area (Å²) in [6.45, 7) is 3.25. The standard InChI is InChI=1S/C9H6ClFO/c1-2-9(12)7-4-3-6(10)5-8(7)11/h2-5H,1H2. The summed E-state index contributed by atoms with van der Waals surface area (Å²) in [5.74, 6) is -1.06. The zero-order valence-corrected chi connectivity index (χ0v) is 6.94. The molecule has 0 aromatic heterocycles. The highest BCUT2D eigenvalue weighted by Gasteiger charge is 2.07. The van der Waals surface area contributed by atoms with Gasteiger partial charge in [0.05, 0.1) is 5.56 Å². The summed E-state index contributed by atoms with van der Waals surface area (Å²) >= 11 is 5.49. The van der Waals surface area contributed by atoms with Gasteiger partial charge in [0.1, 0.15) is 5.82 Å². The summed E-state index contributed by atoms with van der Waals surface area (Å²) < 4.78 is 12.9. The van der Waals surface area contributed by atoms with Gasteiger partial charge in [0, 0.05) is 5.02 Å². The van der Waals surface area contributed by atoms with Gasteiger partial charge in [-0.25, -0.2) is 4.39 Å². The lowest BCUT2D eigenvalue weighted by molar-refractivity contribution is 0.104. The van der Waals surface area contributed by atoms with Crippen LogP contribution < -0.4 is 0 Å². The second-order valence-electron chi connectivity index (χ2n) is 2.19. The van der Waals surface area contributed by atoms with Crippen molar-refractivity contribution in [2.75, 3.05) is 0 Å². The first-order valence-electron chi connectivity index (χ1n) is 3.27. The van der Waals surface area contributed by atoms with Gasteiger partial charge in [-0.1, -0.05) is 18.2 Å². The van der Waals surface area contributed by atoms with E-state index in [4.69, 9.17) is 11.6 Å². The minimum atomic E-state index is -0.618. The molecule has 0 atom stereocenters. The Balaban J connectivity index is 3.18. The molecule has 1 rings (SSSR count). The molecule has 0 radical (unpaired) electrons. The first-order valence-corrected chi connectivity index (χ1v) is 3.65. The molecule has 0 spiro atoms. The number of halogens is 2. The van der Waals surface area contributed by atoms with Crippen LogP contribution in [0.4, 0.5) is 4.39 Å². The molecule has 0 aliphatic rings. The number of hydrogen-bond acceptors (Lipinski definition) is 1. The Labute approximate surface area is 74.5 Å². The van der Waals surface area contributed by atoms with E-state index in [1.807, 2.05) is 0 Å². The average molecular weight is 185 g/mol. The van der Waals surface area contributed by atoms with Gasteiger partial charge in [0.15, 0.2) is 5.78 Å². The van der Waals surface area contributed by atoms with Crippen LogP contribution in [-0.4, -0.2) is 5.78 Å². The molecule has 1 aromatic carbocycles. The average Bonchev–Trinajstić information content (AvgIpc) is 2.03. The van der Waals surface area contributed by atoms with Crippen molar-refractivity contribution >= 4 is 17.4 Å². The number of benzene rings is 1. The number of rotatable bonds is 2. The van der Waals surface area contributed by atoms with E-state index < -0.39 is 11.6 Å². The maximum atomic E-state index is 12.9. The van der Waals surface area contributed by atoms with Crippen molar-refractivity contribution in [3.05, 3.63) is 47.3 Å². The van der Waals surface area contributed by atoms with Gasteiger partial charge in [-0.15, -0.1) is 0 Å². The van der Waals surface area contributed by atoms with Crippen molar-refractivity contribution in [1.82, 2.24) is 0 Å². The summed E-state index contributed by atoms with van der Waals surface area (Å²) in [5, 5.41) is 0.271. The number of carbonyl (C=O) groups is 1. The summed E-state index contributed by atoms with van der Waals surface area (Å²) in [6.07, 6.45) is 1.06. The quantitative estimate of drug-likeness (QED) is 0.510. The molecule has 0 saturated heterocycles.